The van der Waals surface area contributed by atoms with Gasteiger partial charge in [-0.1, -0.05) is 195 Å². The van der Waals surface area contributed by atoms with Crippen molar-refractivity contribution in [3.8, 4) is 0 Å². The van der Waals surface area contributed by atoms with Crippen molar-refractivity contribution < 1.29 is 101 Å². The minimum absolute atomic E-state index is 0.0375. The lowest BCUT2D eigenvalue weighted by Crippen LogP contribution is -2.64. The van der Waals surface area contributed by atoms with Gasteiger partial charge < -0.3 is 94.0 Å². The predicted octanol–water partition coefficient (Wildman–Crippen LogP) is 8.54. The molecule has 6 unspecified atom stereocenters. The Kier molecular flexibility index (Phi) is 33.0. The van der Waals surface area contributed by atoms with E-state index in [9.17, 15) is 86.3 Å². The zero-order valence-electron chi connectivity index (χ0n) is 83.8. The van der Waals surface area contributed by atoms with E-state index in [-0.39, 0.29) is 85.3 Å². The highest BCUT2D eigenvalue weighted by Crippen LogP contribution is 2.68. The number of likely N-dealkylation sites (tertiary alicyclic amines) is 3. The van der Waals surface area contributed by atoms with Gasteiger partial charge in [0.25, 0.3) is 17.7 Å². The summed E-state index contributed by atoms with van der Waals surface area (Å²) in [5.74, 6) is -12.5. The van der Waals surface area contributed by atoms with Gasteiger partial charge in [-0.05, 0) is 179 Å². The van der Waals surface area contributed by atoms with Crippen LogP contribution >= 0.6 is 46.4 Å². The van der Waals surface area contributed by atoms with Crippen molar-refractivity contribution in [1.82, 2.24) is 62.6 Å². The van der Waals surface area contributed by atoms with E-state index in [2.05, 4.69) is 61.7 Å². The standard InChI is InChI=1S/C39H53N5O7.C34H47Cl2N5O7.C28H43Cl2N5O7/c1-38(2)27-20-44(31(29(27)38)34(47)41-28(18-22-13-14-22)32(45)33(40)46)35(48)30(25-11-7-4-8-12-25)42-37(50)43-39(19-24-15-16-26(39)17-24)36(49)51-21-23-9-5-3-6-10-23;1-17(19-11-9-8-10-12-19)48-30(46)26(33(5,6)7)40-31(47)39-25(32(2,3)4)29(45)41-16-20-22(34(20,35)36)23(41)28(44)38-21(15-18-13-14-18)24(42)27(37)43;1-25(2,3)19(33-24(41)34-27(7,8)23(40)42-26(4,5)6)22(39)35-12-14-16(28(14,29)30)17(35)21(38)32-15(11-13-9-10-13)18(36)20(31)37/h3,5-6,9-10,22,24-31H,4,7-8,11-21H2,1-2H3,(H2,40,46)(H,41,47)(H2,42,43,50);8-12,17-18,20-23,25-26H,13-16H2,1-7H3,(H2,37,43)(H,38,44)(H2,39,40,47);13-17,19H,9-12H2,1-8H3,(H2,31,37)(H,32,38)(H2,33,34,41)/t24?,26?,27-,28?,29-,30-,31-,39?;17-,20-,21?,22-,23-,25+,26+;14-,15?,16-,17-,19+/m000/s1. The number of nitrogens with two attached hydrogens (primary N) is 3. The van der Waals surface area contributed by atoms with Gasteiger partial charge in [0.1, 0.15) is 80.3 Å². The number of ether oxygens (including phenoxy) is 3. The van der Waals surface area contributed by atoms with Gasteiger partial charge in [-0.15, -0.1) is 46.4 Å². The summed E-state index contributed by atoms with van der Waals surface area (Å²) < 4.78 is 14.4. The number of hydrogen-bond donors (Lipinski definition) is 12. The fraction of sp³-hybridized carbons (Fsp3) is 0.703. The number of urea groups is 3. The Balaban J connectivity index is 0.000000190. The lowest BCUT2D eigenvalue weighted by Gasteiger charge is -2.39. The van der Waals surface area contributed by atoms with E-state index in [1.54, 1.807) is 94.9 Å². The van der Waals surface area contributed by atoms with Crippen molar-refractivity contribution in [3.63, 3.8) is 0 Å². The molecule has 15 N–H and O–H groups in total. The van der Waals surface area contributed by atoms with Crippen LogP contribution in [0.5, 0.6) is 0 Å². The SMILES string of the molecule is CC(C)(C)OC(=O)C(C)(C)NC(=O)N[C@H](C(=O)N1C[C@H]2[C@@H]([C@H]1C(=O)NC(CC1CC1)C(=O)C(N)=O)C2(Cl)Cl)C(C)(C)C.CC1(C)[C@@H]2[C@@H](C(=O)NC(CC3CC3)C(=O)C(N)=O)N(C(=O)[C@@H](NC(=O)NC3(C(=O)OCc4ccccc4)CC4CCC3C4)C3CCCCC3)C[C@@H]21.C[C@H](OC(=O)[C@@H](NC(=O)N[C@H](C(=O)N1C[C@H]2[C@@H]([C@H]1C(=O)NC(CC1CC1)C(=O)C(N)=O)C2(Cl)Cl)C(C)(C)C)C(C)(C)C)c1ccccc1. The third-order valence-electron chi connectivity index (χ3n) is 30.4. The maximum Gasteiger partial charge on any atom is 0.332 e. The first kappa shape index (κ1) is 110. The van der Waals surface area contributed by atoms with Crippen LogP contribution in [0.4, 0.5) is 14.4 Å². The number of hydrogen-bond acceptors (Lipinski definition) is 21. The van der Waals surface area contributed by atoms with Crippen LogP contribution in [-0.4, -0.2) is 227 Å². The lowest BCUT2D eigenvalue weighted by molar-refractivity contribution is -0.161. The minimum Gasteiger partial charge on any atom is -0.459 e. The number of ketones is 3. The highest BCUT2D eigenvalue weighted by atomic mass is 35.5. The number of esters is 3. The fourth-order valence-electron chi connectivity index (χ4n) is 21.7. The lowest BCUT2D eigenvalue weighted by atomic mass is 9.80. The number of primary amides is 3. The molecule has 9 aliphatic carbocycles. The first-order valence-corrected chi connectivity index (χ1v) is 51.0. The summed E-state index contributed by atoms with van der Waals surface area (Å²) in [6.45, 7) is 30.4. The van der Waals surface area contributed by atoms with Gasteiger partial charge in [0.05, 0.1) is 18.1 Å². The zero-order chi connectivity index (χ0) is 104. The topological polar surface area (TPSA) is 531 Å². The van der Waals surface area contributed by atoms with Gasteiger partial charge in [0, 0.05) is 43.3 Å². The second-order valence-corrected chi connectivity index (χ2v) is 49.5. The highest BCUT2D eigenvalue weighted by molar-refractivity contribution is 6.52. The highest BCUT2D eigenvalue weighted by Gasteiger charge is 2.76. The fourth-order valence-corrected chi connectivity index (χ4v) is 23.3. The molecule has 15 amide bonds. The first-order chi connectivity index (χ1) is 65.5. The number of halogens is 4. The molecule has 2 aromatic rings. The monoisotopic (exact) mass is 2040 g/mol. The number of carbonyl (C=O) groups excluding carboxylic acids is 18. The van der Waals surface area contributed by atoms with Crippen molar-refractivity contribution in [2.45, 2.75) is 332 Å². The average molecular weight is 2050 g/mol. The Morgan fingerprint density at radius 3 is 1.26 bits per heavy atom. The molecule has 3 aliphatic heterocycles. The molecule has 2 aromatic carbocycles. The molecule has 0 spiro atoms. The molecule has 141 heavy (non-hydrogen) atoms. The molecule has 12 fully saturated rings. The van der Waals surface area contributed by atoms with E-state index < -0.39 is 232 Å². The number of piperidine rings is 3. The number of nitrogens with one attached hydrogen (secondary N) is 9. The summed E-state index contributed by atoms with van der Waals surface area (Å²) in [4.78, 5) is 242. The van der Waals surface area contributed by atoms with Crippen molar-refractivity contribution >= 4 is 153 Å². The van der Waals surface area contributed by atoms with Crippen LogP contribution in [0.2, 0.25) is 0 Å². The van der Waals surface area contributed by atoms with Crippen LogP contribution in [-0.2, 0) is 92.7 Å². The largest absolute Gasteiger partial charge is 0.459 e. The smallest absolute Gasteiger partial charge is 0.332 e. The predicted molar refractivity (Wildman–Crippen MR) is 521 cm³/mol. The summed E-state index contributed by atoms with van der Waals surface area (Å²) in [7, 11) is 0. The summed E-state index contributed by atoms with van der Waals surface area (Å²) in [6, 6.07) is 5.79. The second-order valence-electron chi connectivity index (χ2n) is 46.6. The first-order valence-electron chi connectivity index (χ1n) is 49.5. The Hall–Kier alpha value is -9.94. The van der Waals surface area contributed by atoms with E-state index in [1.807, 2.05) is 60.7 Å². The Bertz CT molecular complexity index is 5130. The average Bonchev–Trinajstić information content (AvgIpc) is 1.53. The van der Waals surface area contributed by atoms with Crippen LogP contribution in [0, 0.1) is 92.7 Å². The van der Waals surface area contributed by atoms with Crippen molar-refractivity contribution in [3.05, 3.63) is 71.8 Å². The van der Waals surface area contributed by atoms with Crippen molar-refractivity contribution in [1.29, 1.82) is 0 Å². The number of carbonyl (C=O) groups is 18. The molecule has 12 aliphatic rings. The quantitative estimate of drug-likeness (QED) is 0.0133. The zero-order valence-corrected chi connectivity index (χ0v) is 86.8. The number of fused-ring (bicyclic) bond motifs is 5. The maximum absolute atomic E-state index is 14.7. The molecular weight excluding hydrogens is 1900 g/mol. The molecular formula is C101H143Cl4N15O21. The van der Waals surface area contributed by atoms with Crippen LogP contribution < -0.4 is 65.1 Å². The summed E-state index contributed by atoms with van der Waals surface area (Å²) >= 11 is 25.9. The second kappa shape index (κ2) is 42.4. The van der Waals surface area contributed by atoms with Gasteiger partial charge in [0.15, 0.2) is 0 Å². The molecule has 9 saturated carbocycles. The van der Waals surface area contributed by atoms with Gasteiger partial charge in [-0.25, -0.2) is 28.8 Å². The summed E-state index contributed by atoms with van der Waals surface area (Å²) in [6.07, 6.45) is 13.2. The number of alkyl halides is 4. The van der Waals surface area contributed by atoms with E-state index >= 15 is 0 Å². The Morgan fingerprint density at radius 2 is 0.865 bits per heavy atom. The van der Waals surface area contributed by atoms with E-state index in [1.165, 1.54) is 23.6 Å². The molecule has 776 valence electrons. The van der Waals surface area contributed by atoms with Gasteiger partial charge in [-0.3, -0.25) is 57.5 Å². The molecule has 0 radical (unpaired) electrons. The number of nitrogens with zero attached hydrogens (tertiary/aromatic N) is 3. The Morgan fingerprint density at radius 1 is 0.461 bits per heavy atom. The minimum atomic E-state index is -1.42. The summed E-state index contributed by atoms with van der Waals surface area (Å²) in [5, 5.41) is 24.8. The third kappa shape index (κ3) is 25.9. The number of benzene rings is 2. The van der Waals surface area contributed by atoms with Gasteiger partial charge in [0.2, 0.25) is 52.8 Å². The molecule has 3 heterocycles. The van der Waals surface area contributed by atoms with E-state index in [0.29, 0.717) is 25.3 Å². The van der Waals surface area contributed by atoms with Crippen LogP contribution in [0.25, 0.3) is 0 Å². The number of Topliss-reactive ketones (excluding diaryl/α,β-unsaturated/α-hetero) is 3. The van der Waals surface area contributed by atoms with Crippen LogP contribution in [0.1, 0.15) is 251 Å². The molecule has 36 nitrogen and oxygen atoms in total. The normalized spacial score (nSPS) is 26.8. The van der Waals surface area contributed by atoms with Crippen molar-refractivity contribution in [2.24, 2.45) is 110 Å². The van der Waals surface area contributed by atoms with Crippen LogP contribution in [0.3, 0.4) is 0 Å². The molecule has 14 rings (SSSR count). The Labute approximate surface area is 844 Å². The molecule has 0 aromatic heterocycles. The van der Waals surface area contributed by atoms with E-state index in [0.717, 1.165) is 101 Å². The van der Waals surface area contributed by atoms with Crippen molar-refractivity contribution in [2.75, 3.05) is 19.6 Å². The van der Waals surface area contributed by atoms with Crippen LogP contribution in [0.15, 0.2) is 60.7 Å². The third-order valence-corrected chi connectivity index (χ3v) is 32.6. The molecule has 40 heteroatoms. The van der Waals surface area contributed by atoms with E-state index in [4.69, 9.17) is 77.8 Å². The maximum atomic E-state index is 14.7. The number of amides is 15. The van der Waals surface area contributed by atoms with Gasteiger partial charge >= 0.3 is 36.0 Å². The molecule has 20 atom stereocenters. The molecule has 3 saturated heterocycles. The molecule has 2 bridgehead atoms. The number of rotatable bonds is 35. The van der Waals surface area contributed by atoms with Gasteiger partial charge in [-0.2, -0.15) is 0 Å². The summed E-state index contributed by atoms with van der Waals surface area (Å²) in [5.41, 5.74) is 11.5.